The molecule has 0 spiro atoms. The summed E-state index contributed by atoms with van der Waals surface area (Å²) in [5.74, 6) is -0.744. The second-order valence-electron chi connectivity index (χ2n) is 5.42. The van der Waals surface area contributed by atoms with E-state index in [1.807, 2.05) is 0 Å². The lowest BCUT2D eigenvalue weighted by Crippen LogP contribution is -2.42. The number of nitriles is 1. The first-order valence-electron chi connectivity index (χ1n) is 7.22. The monoisotopic (exact) mass is 350 g/mol. The molecule has 2 heterocycles. The van der Waals surface area contributed by atoms with Gasteiger partial charge in [-0.2, -0.15) is 14.7 Å². The van der Waals surface area contributed by atoms with Crippen LogP contribution in [-0.2, 0) is 21.8 Å². The number of hydrogen-bond acceptors (Lipinski definition) is 5. The number of ether oxygens (including phenoxy) is 1. The van der Waals surface area contributed by atoms with E-state index in [1.54, 1.807) is 30.2 Å². The van der Waals surface area contributed by atoms with Crippen molar-refractivity contribution in [2.24, 2.45) is 7.05 Å². The summed E-state index contributed by atoms with van der Waals surface area (Å²) >= 11 is 0. The fourth-order valence-electron chi connectivity index (χ4n) is 2.55. The summed E-state index contributed by atoms with van der Waals surface area (Å²) in [7, 11) is -2.07. The number of aryl methyl sites for hydroxylation is 1. The smallest absolute Gasteiger partial charge is 0.243 e. The molecule has 1 aromatic heterocycles. The van der Waals surface area contributed by atoms with Crippen LogP contribution in [0.15, 0.2) is 35.5 Å². The molecule has 126 valence electrons. The van der Waals surface area contributed by atoms with Crippen LogP contribution in [0.2, 0.25) is 0 Å². The Labute approximate surface area is 138 Å². The van der Waals surface area contributed by atoms with Gasteiger partial charge in [-0.3, -0.25) is 4.68 Å². The highest BCUT2D eigenvalue weighted by molar-refractivity contribution is 7.89. The molecule has 3 rings (SSSR count). The van der Waals surface area contributed by atoms with E-state index in [9.17, 15) is 12.8 Å². The Hall–Kier alpha value is -2.28. The maximum atomic E-state index is 13.4. The molecule has 0 N–H and O–H groups in total. The van der Waals surface area contributed by atoms with E-state index in [4.69, 9.17) is 10.00 Å². The maximum absolute atomic E-state index is 13.4. The minimum atomic E-state index is -3.84. The van der Waals surface area contributed by atoms with Crippen LogP contribution >= 0.6 is 0 Å². The normalized spacial score (nSPS) is 19.1. The zero-order valence-electron chi connectivity index (χ0n) is 12.9. The van der Waals surface area contributed by atoms with E-state index < -0.39 is 21.9 Å². The van der Waals surface area contributed by atoms with Gasteiger partial charge in [0.15, 0.2) is 0 Å². The van der Waals surface area contributed by atoms with Gasteiger partial charge in [0.2, 0.25) is 10.0 Å². The van der Waals surface area contributed by atoms with Gasteiger partial charge < -0.3 is 4.74 Å². The molecule has 1 aliphatic heterocycles. The molecule has 1 atom stereocenters. The molecule has 24 heavy (non-hydrogen) atoms. The summed E-state index contributed by atoms with van der Waals surface area (Å²) in [4.78, 5) is -0.104. The van der Waals surface area contributed by atoms with Gasteiger partial charge >= 0.3 is 0 Å². The van der Waals surface area contributed by atoms with Gasteiger partial charge in [-0.25, -0.2) is 12.8 Å². The molecule has 1 aliphatic rings. The van der Waals surface area contributed by atoms with Gasteiger partial charge in [-0.15, -0.1) is 0 Å². The molecular weight excluding hydrogens is 335 g/mol. The summed E-state index contributed by atoms with van der Waals surface area (Å²) in [6, 6.07) is 4.87. The van der Waals surface area contributed by atoms with Gasteiger partial charge in [0.05, 0.1) is 29.4 Å². The van der Waals surface area contributed by atoms with Crippen LogP contribution in [0.25, 0.3) is 0 Å². The molecular formula is C15H15FN4O3S. The largest absolute Gasteiger partial charge is 0.371 e. The third-order valence-corrected chi connectivity index (χ3v) is 5.68. The Kier molecular flexibility index (Phi) is 4.36. The summed E-state index contributed by atoms with van der Waals surface area (Å²) < 4.78 is 47.5. The molecule has 0 saturated carbocycles. The van der Waals surface area contributed by atoms with Crippen molar-refractivity contribution in [1.82, 2.24) is 14.1 Å². The van der Waals surface area contributed by atoms with Crippen molar-refractivity contribution < 1.29 is 17.5 Å². The SMILES string of the molecule is Cn1cc(C2CN(S(=O)(=O)c3ccc(F)c(C#N)c3)CCO2)cn1. The zero-order valence-corrected chi connectivity index (χ0v) is 13.7. The highest BCUT2D eigenvalue weighted by Crippen LogP contribution is 2.26. The molecule has 0 amide bonds. The molecule has 1 aromatic carbocycles. The third-order valence-electron chi connectivity index (χ3n) is 3.82. The van der Waals surface area contributed by atoms with E-state index >= 15 is 0 Å². The molecule has 1 fully saturated rings. The van der Waals surface area contributed by atoms with E-state index in [1.165, 1.54) is 10.4 Å². The summed E-state index contributed by atoms with van der Waals surface area (Å²) in [5.41, 5.74) is 0.488. The highest BCUT2D eigenvalue weighted by Gasteiger charge is 2.32. The highest BCUT2D eigenvalue weighted by atomic mass is 32.2. The number of morpholine rings is 1. The Morgan fingerprint density at radius 1 is 1.46 bits per heavy atom. The second-order valence-corrected chi connectivity index (χ2v) is 7.36. The molecule has 0 aliphatic carbocycles. The first-order valence-corrected chi connectivity index (χ1v) is 8.66. The van der Waals surface area contributed by atoms with Crippen LogP contribution in [0.4, 0.5) is 4.39 Å². The van der Waals surface area contributed by atoms with E-state index in [2.05, 4.69) is 5.10 Å². The first-order chi connectivity index (χ1) is 11.4. The fraction of sp³-hybridized carbons (Fsp3) is 0.333. The van der Waals surface area contributed by atoms with Crippen LogP contribution in [0.1, 0.15) is 17.2 Å². The second kappa shape index (κ2) is 6.32. The molecule has 0 radical (unpaired) electrons. The number of halogens is 1. The molecule has 1 saturated heterocycles. The van der Waals surface area contributed by atoms with Gasteiger partial charge in [0.1, 0.15) is 11.9 Å². The number of hydrogen-bond donors (Lipinski definition) is 0. The minimum Gasteiger partial charge on any atom is -0.371 e. The lowest BCUT2D eigenvalue weighted by molar-refractivity contribution is -0.00259. The van der Waals surface area contributed by atoms with Crippen LogP contribution in [0.5, 0.6) is 0 Å². The molecule has 7 nitrogen and oxygen atoms in total. The number of sulfonamides is 1. The molecule has 0 bridgehead atoms. The molecule has 1 unspecified atom stereocenters. The summed E-state index contributed by atoms with van der Waals surface area (Å²) in [6.45, 7) is 0.566. The van der Waals surface area contributed by atoms with E-state index in [-0.39, 0.29) is 30.2 Å². The fourth-order valence-corrected chi connectivity index (χ4v) is 4.00. The Morgan fingerprint density at radius 2 is 2.25 bits per heavy atom. The Morgan fingerprint density at radius 3 is 2.92 bits per heavy atom. The first kappa shape index (κ1) is 16.6. The number of aromatic nitrogens is 2. The quantitative estimate of drug-likeness (QED) is 0.830. The lowest BCUT2D eigenvalue weighted by atomic mass is 10.2. The number of benzene rings is 1. The topological polar surface area (TPSA) is 88.2 Å². The number of rotatable bonds is 3. The number of nitrogens with zero attached hydrogens (tertiary/aromatic N) is 4. The van der Waals surface area contributed by atoms with Crippen LogP contribution in [0, 0.1) is 17.1 Å². The van der Waals surface area contributed by atoms with Crippen molar-refractivity contribution in [3.63, 3.8) is 0 Å². The summed E-state index contributed by atoms with van der Waals surface area (Å²) in [6.07, 6.45) is 2.98. The maximum Gasteiger partial charge on any atom is 0.243 e. The van der Waals surface area contributed by atoms with Gasteiger partial charge in [-0.1, -0.05) is 0 Å². The lowest BCUT2D eigenvalue weighted by Gasteiger charge is -2.31. The predicted octanol–water partition coefficient (Wildman–Crippen LogP) is 1.19. The standard InChI is InChI=1S/C15H15FN4O3S/c1-19-9-12(8-18-19)15-10-20(4-5-23-15)24(21,22)13-2-3-14(16)11(6-13)7-17/h2-3,6,8-9,15H,4-5,10H2,1H3. The zero-order chi connectivity index (χ0) is 17.3. The third kappa shape index (κ3) is 3.03. The Balaban J connectivity index is 1.88. The van der Waals surface area contributed by atoms with E-state index in [0.29, 0.717) is 0 Å². The van der Waals surface area contributed by atoms with Crippen LogP contribution in [-0.4, -0.2) is 42.2 Å². The predicted molar refractivity (Wildman–Crippen MR) is 81.8 cm³/mol. The van der Waals surface area contributed by atoms with Crippen molar-refractivity contribution in [1.29, 1.82) is 5.26 Å². The average molecular weight is 350 g/mol. The minimum absolute atomic E-state index is 0.104. The van der Waals surface area contributed by atoms with Crippen molar-refractivity contribution in [2.75, 3.05) is 19.7 Å². The van der Waals surface area contributed by atoms with Gasteiger partial charge in [-0.05, 0) is 18.2 Å². The van der Waals surface area contributed by atoms with Crippen molar-refractivity contribution in [3.8, 4) is 6.07 Å². The van der Waals surface area contributed by atoms with Crippen molar-refractivity contribution in [3.05, 3.63) is 47.5 Å². The molecule has 2 aromatic rings. The van der Waals surface area contributed by atoms with Gasteiger partial charge in [0, 0.05) is 31.9 Å². The van der Waals surface area contributed by atoms with Crippen LogP contribution < -0.4 is 0 Å². The van der Waals surface area contributed by atoms with Crippen molar-refractivity contribution >= 4 is 10.0 Å². The summed E-state index contributed by atoms with van der Waals surface area (Å²) in [5, 5.41) is 12.9. The Bertz CT molecular complexity index is 904. The average Bonchev–Trinajstić information content (AvgIpc) is 3.02. The van der Waals surface area contributed by atoms with E-state index in [0.717, 1.165) is 17.7 Å². The van der Waals surface area contributed by atoms with Crippen LogP contribution in [0.3, 0.4) is 0 Å². The van der Waals surface area contributed by atoms with Crippen molar-refractivity contribution in [2.45, 2.75) is 11.0 Å². The van der Waals surface area contributed by atoms with Gasteiger partial charge in [0.25, 0.3) is 0 Å². The molecule has 9 heteroatoms.